The molecular weight excluding hydrogens is 419 g/mol. The zero-order chi connectivity index (χ0) is 23.5. The summed E-state index contributed by atoms with van der Waals surface area (Å²) in [5.41, 5.74) is 2.82. The molecule has 3 aromatic rings. The van der Waals surface area contributed by atoms with E-state index in [4.69, 9.17) is 4.74 Å². The van der Waals surface area contributed by atoms with Gasteiger partial charge in [-0.3, -0.25) is 9.59 Å². The Morgan fingerprint density at radius 1 is 1.03 bits per heavy atom. The Kier molecular flexibility index (Phi) is 6.45. The van der Waals surface area contributed by atoms with E-state index < -0.39 is 12.0 Å². The summed E-state index contributed by atoms with van der Waals surface area (Å²) in [4.78, 5) is 28.9. The first-order chi connectivity index (χ1) is 15.9. The van der Waals surface area contributed by atoms with Crippen molar-refractivity contribution in [2.45, 2.75) is 38.4 Å². The van der Waals surface area contributed by atoms with E-state index in [-0.39, 0.29) is 30.2 Å². The molecular formula is C27H27FN2O3. The zero-order valence-electron chi connectivity index (χ0n) is 18.9. The number of amides is 2. The molecule has 1 aliphatic rings. The summed E-state index contributed by atoms with van der Waals surface area (Å²) in [5.74, 6) is -0.557. The monoisotopic (exact) mass is 446 g/mol. The van der Waals surface area contributed by atoms with Crippen LogP contribution in [-0.2, 0) is 11.3 Å². The largest absolute Gasteiger partial charge is 0.497 e. The van der Waals surface area contributed by atoms with Crippen LogP contribution in [0.2, 0.25) is 0 Å². The van der Waals surface area contributed by atoms with Gasteiger partial charge in [0.1, 0.15) is 11.6 Å². The lowest BCUT2D eigenvalue weighted by atomic mass is 9.78. The predicted octanol–water partition coefficient (Wildman–Crippen LogP) is 4.84. The van der Waals surface area contributed by atoms with E-state index in [0.717, 1.165) is 11.1 Å². The molecule has 170 valence electrons. The van der Waals surface area contributed by atoms with Crippen LogP contribution in [0.3, 0.4) is 0 Å². The minimum atomic E-state index is -0.602. The first-order valence-corrected chi connectivity index (χ1v) is 11.0. The van der Waals surface area contributed by atoms with Crippen LogP contribution in [0.5, 0.6) is 5.75 Å². The van der Waals surface area contributed by atoms with Crippen molar-refractivity contribution in [3.63, 3.8) is 0 Å². The average molecular weight is 447 g/mol. The van der Waals surface area contributed by atoms with E-state index in [9.17, 15) is 14.0 Å². The predicted molar refractivity (Wildman–Crippen MR) is 124 cm³/mol. The number of fused-ring (bicyclic) bond motifs is 1. The molecule has 2 atom stereocenters. The molecule has 1 heterocycles. The van der Waals surface area contributed by atoms with Crippen molar-refractivity contribution in [3.05, 3.63) is 101 Å². The third-order valence-corrected chi connectivity index (χ3v) is 5.88. The van der Waals surface area contributed by atoms with Gasteiger partial charge >= 0.3 is 0 Å². The van der Waals surface area contributed by atoms with Crippen LogP contribution < -0.4 is 10.1 Å². The van der Waals surface area contributed by atoms with Gasteiger partial charge in [0.15, 0.2) is 0 Å². The van der Waals surface area contributed by atoms with Crippen molar-refractivity contribution < 1.29 is 18.7 Å². The Morgan fingerprint density at radius 2 is 1.70 bits per heavy atom. The van der Waals surface area contributed by atoms with E-state index in [1.165, 1.54) is 12.1 Å². The van der Waals surface area contributed by atoms with E-state index >= 15 is 0 Å². The van der Waals surface area contributed by atoms with Crippen LogP contribution in [-0.4, -0.2) is 29.9 Å². The second kappa shape index (κ2) is 9.45. The van der Waals surface area contributed by atoms with Gasteiger partial charge in [0.05, 0.1) is 19.1 Å². The molecule has 0 saturated heterocycles. The fraction of sp³-hybridized carbons (Fsp3) is 0.259. The highest BCUT2D eigenvalue weighted by molar-refractivity contribution is 6.01. The smallest absolute Gasteiger partial charge is 0.255 e. The van der Waals surface area contributed by atoms with Gasteiger partial charge in [-0.1, -0.05) is 42.5 Å². The molecule has 4 rings (SSSR count). The number of hydrogen-bond acceptors (Lipinski definition) is 3. The van der Waals surface area contributed by atoms with Crippen molar-refractivity contribution in [2.24, 2.45) is 0 Å². The molecule has 2 amide bonds. The van der Waals surface area contributed by atoms with Crippen LogP contribution >= 0.6 is 0 Å². The second-order valence-electron chi connectivity index (χ2n) is 8.51. The highest BCUT2D eigenvalue weighted by Crippen LogP contribution is 2.44. The maximum Gasteiger partial charge on any atom is 0.255 e. The highest BCUT2D eigenvalue weighted by Gasteiger charge is 2.44. The fourth-order valence-electron chi connectivity index (χ4n) is 4.38. The maximum atomic E-state index is 13.7. The minimum absolute atomic E-state index is 0.0515. The molecule has 3 aromatic carbocycles. The molecule has 0 aliphatic carbocycles. The van der Waals surface area contributed by atoms with E-state index in [2.05, 4.69) is 5.32 Å². The van der Waals surface area contributed by atoms with Crippen LogP contribution in [0.4, 0.5) is 4.39 Å². The highest BCUT2D eigenvalue weighted by atomic mass is 19.1. The topological polar surface area (TPSA) is 58.6 Å². The molecule has 0 fully saturated rings. The van der Waals surface area contributed by atoms with Gasteiger partial charge in [0.2, 0.25) is 5.91 Å². The number of rotatable bonds is 6. The molecule has 0 spiro atoms. The Bertz CT molecular complexity index is 1140. The molecule has 1 N–H and O–H groups in total. The Balaban J connectivity index is 1.86. The van der Waals surface area contributed by atoms with Crippen LogP contribution in [0.25, 0.3) is 0 Å². The number of methoxy groups -OCH3 is 1. The number of ether oxygens (including phenoxy) is 1. The zero-order valence-corrected chi connectivity index (χ0v) is 18.9. The van der Waals surface area contributed by atoms with Crippen molar-refractivity contribution in [2.75, 3.05) is 7.11 Å². The summed E-state index contributed by atoms with van der Waals surface area (Å²) in [7, 11) is 1.59. The molecule has 0 unspecified atom stereocenters. The number of benzene rings is 3. The second-order valence-corrected chi connectivity index (χ2v) is 8.51. The molecule has 6 heteroatoms. The summed E-state index contributed by atoms with van der Waals surface area (Å²) >= 11 is 0. The fourth-order valence-corrected chi connectivity index (χ4v) is 4.38. The minimum Gasteiger partial charge on any atom is -0.497 e. The number of hydrogen-bond donors (Lipinski definition) is 1. The quantitative estimate of drug-likeness (QED) is 0.590. The SMILES string of the molecule is COc1ccc([C@@H]2[C@@H](C(=O)NC(C)C)c3ccccc3C(=O)N2Cc2ccc(F)cc2)cc1. The maximum absolute atomic E-state index is 13.7. The number of nitrogens with one attached hydrogen (secondary N) is 1. The van der Waals surface area contributed by atoms with E-state index in [0.29, 0.717) is 16.9 Å². The lowest BCUT2D eigenvalue weighted by Crippen LogP contribution is -2.48. The molecule has 5 nitrogen and oxygen atoms in total. The third kappa shape index (κ3) is 4.60. The number of halogens is 1. The van der Waals surface area contributed by atoms with Crippen molar-refractivity contribution in [1.82, 2.24) is 10.2 Å². The Hall–Kier alpha value is -3.67. The number of nitrogens with zero attached hydrogens (tertiary/aromatic N) is 1. The number of carbonyl (C=O) groups excluding carboxylic acids is 2. The van der Waals surface area contributed by atoms with Gasteiger partial charge in [0.25, 0.3) is 5.91 Å². The molecule has 1 aliphatic heterocycles. The van der Waals surface area contributed by atoms with Crippen molar-refractivity contribution in [1.29, 1.82) is 0 Å². The lowest BCUT2D eigenvalue weighted by molar-refractivity contribution is -0.124. The standard InChI is InChI=1S/C27H27FN2O3/c1-17(2)29-26(31)24-22-6-4-5-7-23(22)27(32)30(16-18-8-12-20(28)13-9-18)25(24)19-10-14-21(33-3)15-11-19/h4-15,17,24-25H,16H2,1-3H3,(H,29,31)/t24-,25+/m0/s1. The number of carbonyl (C=O) groups is 2. The normalized spacial score (nSPS) is 17.6. The van der Waals surface area contributed by atoms with Crippen molar-refractivity contribution in [3.8, 4) is 5.75 Å². The van der Waals surface area contributed by atoms with Gasteiger partial charge in [-0.2, -0.15) is 0 Å². The van der Waals surface area contributed by atoms with Gasteiger partial charge in [-0.25, -0.2) is 4.39 Å². The molecule has 0 radical (unpaired) electrons. The molecule has 33 heavy (non-hydrogen) atoms. The Labute approximate surface area is 193 Å². The third-order valence-electron chi connectivity index (χ3n) is 5.88. The molecule has 0 saturated carbocycles. The summed E-state index contributed by atoms with van der Waals surface area (Å²) in [6, 6.07) is 20.2. The summed E-state index contributed by atoms with van der Waals surface area (Å²) in [5, 5.41) is 3.03. The summed E-state index contributed by atoms with van der Waals surface area (Å²) in [6.45, 7) is 4.07. The van der Waals surface area contributed by atoms with Gasteiger partial charge in [-0.15, -0.1) is 0 Å². The lowest BCUT2D eigenvalue weighted by Gasteiger charge is -2.42. The van der Waals surface area contributed by atoms with Crippen LogP contribution in [0.1, 0.15) is 52.9 Å². The van der Waals surface area contributed by atoms with Gasteiger partial charge < -0.3 is 15.0 Å². The van der Waals surface area contributed by atoms with E-state index in [1.807, 2.05) is 50.2 Å². The van der Waals surface area contributed by atoms with Crippen molar-refractivity contribution >= 4 is 11.8 Å². The first kappa shape index (κ1) is 22.5. The average Bonchev–Trinajstić information content (AvgIpc) is 2.81. The van der Waals surface area contributed by atoms with Crippen LogP contribution in [0.15, 0.2) is 72.8 Å². The summed E-state index contributed by atoms with van der Waals surface area (Å²) < 4.78 is 18.8. The van der Waals surface area contributed by atoms with Crippen LogP contribution in [0, 0.1) is 5.82 Å². The Morgan fingerprint density at radius 3 is 2.33 bits per heavy atom. The van der Waals surface area contributed by atoms with E-state index in [1.54, 1.807) is 36.3 Å². The summed E-state index contributed by atoms with van der Waals surface area (Å²) in [6.07, 6.45) is 0. The molecule has 0 bridgehead atoms. The molecule has 0 aromatic heterocycles. The first-order valence-electron chi connectivity index (χ1n) is 11.0. The van der Waals surface area contributed by atoms with Gasteiger partial charge in [0, 0.05) is 18.2 Å². The van der Waals surface area contributed by atoms with Gasteiger partial charge in [-0.05, 0) is 60.9 Å².